The summed E-state index contributed by atoms with van der Waals surface area (Å²) in [6.07, 6.45) is 0.533. The van der Waals surface area contributed by atoms with Crippen LogP contribution in [-0.2, 0) is 10.7 Å². The summed E-state index contributed by atoms with van der Waals surface area (Å²) in [6, 6.07) is 5.43. The third-order valence-corrected chi connectivity index (χ3v) is 3.65. The average Bonchev–Trinajstić information content (AvgIpc) is 2.26. The molecule has 1 aliphatic carbocycles. The molecule has 1 aliphatic rings. The van der Waals surface area contributed by atoms with Crippen molar-refractivity contribution in [2.24, 2.45) is 5.41 Å². The van der Waals surface area contributed by atoms with E-state index in [2.05, 4.69) is 0 Å². The Morgan fingerprint density at radius 3 is 2.56 bits per heavy atom. The molecule has 2 rings (SSSR count). The molecule has 1 N–H and O–H groups in total. The van der Waals surface area contributed by atoms with Crippen LogP contribution in [0.1, 0.15) is 24.8 Å². The van der Waals surface area contributed by atoms with Crippen molar-refractivity contribution in [3.63, 3.8) is 0 Å². The second-order valence-electron chi connectivity index (χ2n) is 4.55. The zero-order chi connectivity index (χ0) is 13.4. The van der Waals surface area contributed by atoms with E-state index in [-0.39, 0.29) is 18.4 Å². The molecule has 0 amide bonds. The van der Waals surface area contributed by atoms with Gasteiger partial charge < -0.3 is 9.84 Å². The first-order valence-electron chi connectivity index (χ1n) is 5.70. The van der Waals surface area contributed by atoms with Gasteiger partial charge in [-0.2, -0.15) is 0 Å². The number of hydrogen-bond acceptors (Lipinski definition) is 2. The van der Waals surface area contributed by atoms with E-state index in [9.17, 15) is 13.6 Å². The molecule has 98 valence electrons. The molecule has 1 saturated carbocycles. The predicted molar refractivity (Wildman–Crippen MR) is 60.8 cm³/mol. The molecule has 1 fully saturated rings. The van der Waals surface area contributed by atoms with E-state index in [4.69, 9.17) is 9.84 Å². The van der Waals surface area contributed by atoms with E-state index in [0.717, 1.165) is 0 Å². The molecule has 0 atom stereocenters. The summed E-state index contributed by atoms with van der Waals surface area (Å²) in [7, 11) is 1.38. The summed E-state index contributed by atoms with van der Waals surface area (Å²) in [4.78, 5) is 11.2. The van der Waals surface area contributed by atoms with Crippen LogP contribution in [0.15, 0.2) is 24.3 Å². The topological polar surface area (TPSA) is 46.5 Å². The van der Waals surface area contributed by atoms with E-state index in [1.54, 1.807) is 6.07 Å². The van der Waals surface area contributed by atoms with Crippen LogP contribution in [0.2, 0.25) is 0 Å². The second-order valence-corrected chi connectivity index (χ2v) is 4.55. The molecule has 5 heteroatoms. The normalized spacial score (nSPS) is 17.9. The number of carboxylic acids is 1. The highest BCUT2D eigenvalue weighted by atomic mass is 19.3. The van der Waals surface area contributed by atoms with Gasteiger partial charge in [0.15, 0.2) is 0 Å². The Bertz CT molecular complexity index is 467. The Hall–Kier alpha value is -1.65. The van der Waals surface area contributed by atoms with Crippen molar-refractivity contribution in [3.8, 4) is 5.75 Å². The fourth-order valence-electron chi connectivity index (χ4n) is 2.29. The fourth-order valence-corrected chi connectivity index (χ4v) is 2.29. The van der Waals surface area contributed by atoms with Crippen molar-refractivity contribution < 1.29 is 23.4 Å². The van der Waals surface area contributed by atoms with E-state index >= 15 is 0 Å². The summed E-state index contributed by atoms with van der Waals surface area (Å²) in [6.45, 7) is 0. The minimum atomic E-state index is -3.38. The summed E-state index contributed by atoms with van der Waals surface area (Å²) in [5.74, 6) is -4.51. The van der Waals surface area contributed by atoms with Crippen molar-refractivity contribution in [2.75, 3.05) is 7.11 Å². The molecule has 0 bridgehead atoms. The minimum Gasteiger partial charge on any atom is -0.497 e. The third-order valence-electron chi connectivity index (χ3n) is 3.65. The van der Waals surface area contributed by atoms with Crippen LogP contribution in [0, 0.1) is 5.41 Å². The van der Waals surface area contributed by atoms with Crippen LogP contribution < -0.4 is 4.74 Å². The van der Waals surface area contributed by atoms with Crippen LogP contribution in [0.3, 0.4) is 0 Å². The highest BCUT2D eigenvalue weighted by Gasteiger charge is 2.63. The Balaban J connectivity index is 2.43. The van der Waals surface area contributed by atoms with Crippen LogP contribution in [0.5, 0.6) is 5.75 Å². The molecule has 0 unspecified atom stereocenters. The number of rotatable bonds is 4. The smallest absolute Gasteiger partial charge is 0.316 e. The van der Waals surface area contributed by atoms with Gasteiger partial charge in [-0.25, -0.2) is 8.78 Å². The maximum Gasteiger partial charge on any atom is 0.316 e. The molecule has 0 saturated heterocycles. The van der Waals surface area contributed by atoms with Gasteiger partial charge in [-0.05, 0) is 25.0 Å². The zero-order valence-electron chi connectivity index (χ0n) is 9.95. The largest absolute Gasteiger partial charge is 0.497 e. The van der Waals surface area contributed by atoms with Crippen molar-refractivity contribution in [1.82, 2.24) is 0 Å². The van der Waals surface area contributed by atoms with Gasteiger partial charge in [-0.3, -0.25) is 4.79 Å². The van der Waals surface area contributed by atoms with Crippen LogP contribution in [0.25, 0.3) is 0 Å². The van der Waals surface area contributed by atoms with Crippen molar-refractivity contribution in [3.05, 3.63) is 29.8 Å². The number of methoxy groups -OCH3 is 1. The minimum absolute atomic E-state index is 0.00649. The molecule has 0 aromatic heterocycles. The van der Waals surface area contributed by atoms with Gasteiger partial charge in [0.2, 0.25) is 0 Å². The lowest BCUT2D eigenvalue weighted by Crippen LogP contribution is -2.50. The standard InChI is InChI=1S/C13H14F2O3/c1-18-10-5-2-4-9(8-10)13(14,15)12(11(16)17)6-3-7-12/h2,4-5,8H,3,6-7H2,1H3,(H,16,17). The second kappa shape index (κ2) is 4.23. The lowest BCUT2D eigenvalue weighted by Gasteiger charge is -2.43. The number of ether oxygens (including phenoxy) is 1. The number of carbonyl (C=O) groups is 1. The van der Waals surface area contributed by atoms with Gasteiger partial charge in [-0.1, -0.05) is 18.6 Å². The van der Waals surface area contributed by atoms with E-state index in [1.807, 2.05) is 0 Å². The van der Waals surface area contributed by atoms with E-state index in [1.165, 1.54) is 25.3 Å². The van der Waals surface area contributed by atoms with Crippen LogP contribution in [-0.4, -0.2) is 18.2 Å². The number of aliphatic carboxylic acids is 1. The Morgan fingerprint density at radius 2 is 2.11 bits per heavy atom. The molecule has 0 heterocycles. The predicted octanol–water partition coefficient (Wildman–Crippen LogP) is 3.04. The third kappa shape index (κ3) is 1.65. The lowest BCUT2D eigenvalue weighted by atomic mass is 9.63. The quantitative estimate of drug-likeness (QED) is 0.900. The first kappa shape index (κ1) is 12.8. The van der Waals surface area contributed by atoms with Gasteiger partial charge in [0.05, 0.1) is 7.11 Å². The summed E-state index contributed by atoms with van der Waals surface area (Å²) < 4.78 is 33.7. The SMILES string of the molecule is COc1cccc(C(F)(F)C2(C(=O)O)CCC2)c1. The maximum absolute atomic E-state index is 14.4. The molecule has 18 heavy (non-hydrogen) atoms. The zero-order valence-corrected chi connectivity index (χ0v) is 9.95. The van der Waals surface area contributed by atoms with Gasteiger partial charge in [0.1, 0.15) is 11.2 Å². The fraction of sp³-hybridized carbons (Fsp3) is 0.462. The molecule has 0 radical (unpaired) electrons. The molecule has 1 aromatic carbocycles. The highest BCUT2D eigenvalue weighted by Crippen LogP contribution is 2.57. The Labute approximate surface area is 103 Å². The lowest BCUT2D eigenvalue weighted by molar-refractivity contribution is -0.201. The average molecular weight is 256 g/mol. The Morgan fingerprint density at radius 1 is 1.44 bits per heavy atom. The van der Waals surface area contributed by atoms with Crippen molar-refractivity contribution in [2.45, 2.75) is 25.2 Å². The first-order chi connectivity index (χ1) is 8.44. The number of carboxylic acid groups (broad SMARTS) is 1. The molecule has 0 spiro atoms. The monoisotopic (exact) mass is 256 g/mol. The van der Waals surface area contributed by atoms with E-state index < -0.39 is 17.3 Å². The van der Waals surface area contributed by atoms with Gasteiger partial charge in [0, 0.05) is 5.56 Å². The number of halogens is 2. The molecular weight excluding hydrogens is 242 g/mol. The van der Waals surface area contributed by atoms with Gasteiger partial charge >= 0.3 is 5.97 Å². The van der Waals surface area contributed by atoms with E-state index in [0.29, 0.717) is 12.2 Å². The van der Waals surface area contributed by atoms with Crippen LogP contribution >= 0.6 is 0 Å². The summed E-state index contributed by atoms with van der Waals surface area (Å²) >= 11 is 0. The molecule has 0 aliphatic heterocycles. The van der Waals surface area contributed by atoms with Crippen molar-refractivity contribution >= 4 is 5.97 Å². The first-order valence-corrected chi connectivity index (χ1v) is 5.70. The van der Waals surface area contributed by atoms with Crippen molar-refractivity contribution in [1.29, 1.82) is 0 Å². The van der Waals surface area contributed by atoms with Crippen LogP contribution in [0.4, 0.5) is 8.78 Å². The highest BCUT2D eigenvalue weighted by molar-refractivity contribution is 5.77. The number of benzene rings is 1. The van der Waals surface area contributed by atoms with Gasteiger partial charge in [0.25, 0.3) is 5.92 Å². The molecule has 1 aromatic rings. The Kier molecular flexibility index (Phi) is 3.00. The number of hydrogen-bond donors (Lipinski definition) is 1. The maximum atomic E-state index is 14.4. The number of alkyl halides is 2. The molecule has 3 nitrogen and oxygen atoms in total. The molecular formula is C13H14F2O3. The summed E-state index contributed by atoms with van der Waals surface area (Å²) in [5.41, 5.74) is -2.26. The van der Waals surface area contributed by atoms with Gasteiger partial charge in [-0.15, -0.1) is 0 Å². The summed E-state index contributed by atoms with van der Waals surface area (Å²) in [5, 5.41) is 9.10.